The van der Waals surface area contributed by atoms with Crippen LogP contribution in [0.5, 0.6) is 5.75 Å². The summed E-state index contributed by atoms with van der Waals surface area (Å²) < 4.78 is 5.34. The molecule has 0 saturated heterocycles. The van der Waals surface area contributed by atoms with Crippen LogP contribution in [0.25, 0.3) is 6.08 Å². The van der Waals surface area contributed by atoms with Crippen LogP contribution in [0.15, 0.2) is 30.3 Å². The third-order valence-corrected chi connectivity index (χ3v) is 1.55. The van der Waals surface area contributed by atoms with Crippen molar-refractivity contribution < 1.29 is 72.4 Å². The summed E-state index contributed by atoms with van der Waals surface area (Å²) in [4.78, 5) is 0. The molecule has 0 aliphatic carbocycles. The number of fused-ring (bicyclic) bond motifs is 1. The SMILES string of the molecule is C1=Cc2ccccc2OC1.[Cu].[Fe].[Mn].[Ni]. The monoisotopic (exact) mass is 364 g/mol. The fourth-order valence-electron chi connectivity index (χ4n) is 1.06. The van der Waals surface area contributed by atoms with Crippen molar-refractivity contribution in [3.8, 4) is 5.75 Å². The Kier molecular flexibility index (Phi) is 14.9. The Morgan fingerprint density at radius 1 is 1.14 bits per heavy atom. The van der Waals surface area contributed by atoms with Crippen molar-refractivity contribution in [1.29, 1.82) is 0 Å². The first-order valence-electron chi connectivity index (χ1n) is 3.35. The molecule has 0 amide bonds. The normalized spacial score (nSPS) is 10.0. The second-order valence-electron chi connectivity index (χ2n) is 2.25. The van der Waals surface area contributed by atoms with Crippen LogP contribution in [-0.4, -0.2) is 6.61 Å². The minimum atomic E-state index is 0. The van der Waals surface area contributed by atoms with Crippen LogP contribution in [0, 0.1) is 0 Å². The summed E-state index contributed by atoms with van der Waals surface area (Å²) >= 11 is 0. The van der Waals surface area contributed by atoms with Crippen LogP contribution in [0.3, 0.4) is 0 Å². The number of benzene rings is 1. The van der Waals surface area contributed by atoms with Gasteiger partial charge in [-0.05, 0) is 12.1 Å². The molecule has 0 N–H and O–H groups in total. The van der Waals surface area contributed by atoms with Gasteiger partial charge in [0.15, 0.2) is 0 Å². The smallest absolute Gasteiger partial charge is 0.126 e. The van der Waals surface area contributed by atoms with Crippen LogP contribution in [-0.2, 0) is 67.7 Å². The standard InChI is InChI=1S/C9H8O.Cu.Fe.Mn.Ni/c1-2-6-9-8(4-1)5-3-7-10-9;;;;/h1-6H,7H2;;;;. The van der Waals surface area contributed by atoms with Crippen LogP contribution in [0.4, 0.5) is 0 Å². The topological polar surface area (TPSA) is 9.23 Å². The molecule has 1 aromatic carbocycles. The molecule has 0 spiro atoms. The average Bonchev–Trinajstić information content (AvgIpc) is 2.05. The Morgan fingerprint density at radius 3 is 2.43 bits per heavy atom. The first kappa shape index (κ1) is 20.3. The van der Waals surface area contributed by atoms with Gasteiger partial charge in [0.1, 0.15) is 12.4 Å². The van der Waals surface area contributed by atoms with Crippen molar-refractivity contribution in [3.63, 3.8) is 0 Å². The van der Waals surface area contributed by atoms with Gasteiger partial charge in [0.05, 0.1) is 0 Å². The zero-order valence-electron chi connectivity index (χ0n) is 6.93. The summed E-state index contributed by atoms with van der Waals surface area (Å²) in [7, 11) is 0. The Hall–Kier alpha value is 0.812. The zero-order valence-corrected chi connectivity index (χ0v) is 11.1. The number of para-hydroxylation sites is 1. The van der Waals surface area contributed by atoms with E-state index in [2.05, 4.69) is 6.08 Å². The van der Waals surface area contributed by atoms with Gasteiger partial charge in [0.25, 0.3) is 0 Å². The van der Waals surface area contributed by atoms with E-state index in [1.165, 1.54) is 5.56 Å². The average molecular weight is 365 g/mol. The molecule has 1 aliphatic rings. The molecule has 0 saturated carbocycles. The molecule has 2 radical (unpaired) electrons. The summed E-state index contributed by atoms with van der Waals surface area (Å²) in [6.07, 6.45) is 4.10. The zero-order chi connectivity index (χ0) is 6.81. The van der Waals surface area contributed by atoms with Crippen molar-refractivity contribution in [1.82, 2.24) is 0 Å². The molecule has 0 bridgehead atoms. The van der Waals surface area contributed by atoms with E-state index in [0.717, 1.165) is 5.75 Å². The maximum atomic E-state index is 5.34. The molecule has 1 nitrogen and oxygen atoms in total. The van der Waals surface area contributed by atoms with E-state index >= 15 is 0 Å². The number of hydrogen-bond acceptors (Lipinski definition) is 1. The molecule has 0 atom stereocenters. The van der Waals surface area contributed by atoms with Gasteiger partial charge in [-0.1, -0.05) is 24.3 Å². The molecule has 5 heteroatoms. The molecule has 0 fully saturated rings. The van der Waals surface area contributed by atoms with Gasteiger partial charge in [-0.15, -0.1) is 0 Å². The fraction of sp³-hybridized carbons (Fsp3) is 0.111. The number of ether oxygens (including phenoxy) is 1. The first-order valence-corrected chi connectivity index (χ1v) is 3.35. The second kappa shape index (κ2) is 10.3. The van der Waals surface area contributed by atoms with Crippen molar-refractivity contribution in [2.75, 3.05) is 6.61 Å². The second-order valence-corrected chi connectivity index (χ2v) is 2.25. The summed E-state index contributed by atoms with van der Waals surface area (Å²) in [6.45, 7) is 0.705. The minimum Gasteiger partial charge on any atom is -0.489 e. The molecular weight excluding hydrogens is 357 g/mol. The molecule has 1 aromatic rings. The quantitative estimate of drug-likeness (QED) is 0.640. The molecule has 0 unspecified atom stereocenters. The molecule has 1 heterocycles. The predicted molar refractivity (Wildman–Crippen MR) is 41.0 cm³/mol. The Morgan fingerprint density at radius 2 is 1.79 bits per heavy atom. The van der Waals surface area contributed by atoms with Gasteiger partial charge >= 0.3 is 0 Å². The first-order chi connectivity index (χ1) is 4.97. The van der Waals surface area contributed by atoms with E-state index in [1.54, 1.807) is 0 Å². The van der Waals surface area contributed by atoms with E-state index < -0.39 is 0 Å². The summed E-state index contributed by atoms with van der Waals surface area (Å²) in [5.74, 6) is 0.991. The summed E-state index contributed by atoms with van der Waals surface area (Å²) in [5, 5.41) is 0. The van der Waals surface area contributed by atoms with Crippen LogP contribution in [0.2, 0.25) is 0 Å². The molecule has 14 heavy (non-hydrogen) atoms. The summed E-state index contributed by atoms with van der Waals surface area (Å²) in [6, 6.07) is 8.03. The van der Waals surface area contributed by atoms with Crippen LogP contribution < -0.4 is 4.74 Å². The molecule has 86 valence electrons. The molecule has 1 aliphatic heterocycles. The van der Waals surface area contributed by atoms with Crippen molar-refractivity contribution in [2.45, 2.75) is 0 Å². The van der Waals surface area contributed by atoms with E-state index in [0.29, 0.717) is 6.61 Å². The number of hydrogen-bond donors (Lipinski definition) is 0. The van der Waals surface area contributed by atoms with Crippen LogP contribution in [0.1, 0.15) is 5.56 Å². The van der Waals surface area contributed by atoms with Gasteiger partial charge in [-0.2, -0.15) is 0 Å². The summed E-state index contributed by atoms with van der Waals surface area (Å²) in [5.41, 5.74) is 1.17. The van der Waals surface area contributed by atoms with Gasteiger partial charge < -0.3 is 4.74 Å². The van der Waals surface area contributed by atoms with Gasteiger partial charge in [0, 0.05) is 73.3 Å². The Labute approximate surface area is 126 Å². The largest absolute Gasteiger partial charge is 0.489 e. The van der Waals surface area contributed by atoms with Crippen molar-refractivity contribution >= 4 is 6.08 Å². The van der Waals surface area contributed by atoms with E-state index in [9.17, 15) is 0 Å². The number of rotatable bonds is 0. The van der Waals surface area contributed by atoms with Gasteiger partial charge in [-0.25, -0.2) is 0 Å². The van der Waals surface area contributed by atoms with Gasteiger partial charge in [-0.3, -0.25) is 0 Å². The van der Waals surface area contributed by atoms with Crippen LogP contribution >= 0.6 is 0 Å². The van der Waals surface area contributed by atoms with Crippen molar-refractivity contribution in [3.05, 3.63) is 35.9 Å². The maximum absolute atomic E-state index is 5.34. The van der Waals surface area contributed by atoms with Gasteiger partial charge in [0.2, 0.25) is 0 Å². The molecule has 0 aromatic heterocycles. The minimum absolute atomic E-state index is 0. The van der Waals surface area contributed by atoms with E-state index in [1.807, 2.05) is 30.3 Å². The third kappa shape index (κ3) is 5.05. The van der Waals surface area contributed by atoms with Crippen molar-refractivity contribution in [2.24, 2.45) is 0 Å². The maximum Gasteiger partial charge on any atom is 0.126 e. The van der Waals surface area contributed by atoms with E-state index in [4.69, 9.17) is 4.74 Å². The predicted octanol–water partition coefficient (Wildman–Crippen LogP) is 2.08. The fourth-order valence-corrected chi connectivity index (χ4v) is 1.06. The van der Waals surface area contributed by atoms with E-state index in [-0.39, 0.29) is 67.7 Å². The Balaban J connectivity index is -0.000000302. The molecule has 2 rings (SSSR count). The molecular formula is C9H8CuFeMnNiO. The third-order valence-electron chi connectivity index (χ3n) is 1.55. The Bertz CT molecular complexity index is 283.